The first-order valence-corrected chi connectivity index (χ1v) is 3.66. The van der Waals surface area contributed by atoms with Crippen molar-refractivity contribution in [3.8, 4) is 0 Å². The van der Waals surface area contributed by atoms with Crippen LogP contribution in [-0.2, 0) is 0 Å². The summed E-state index contributed by atoms with van der Waals surface area (Å²) in [4.78, 5) is 3.27. The van der Waals surface area contributed by atoms with Gasteiger partial charge in [0.25, 0.3) is 0 Å². The Morgan fingerprint density at radius 3 is 1.70 bits per heavy atom. The minimum atomic E-state index is 0.508. The summed E-state index contributed by atoms with van der Waals surface area (Å²) in [5, 5.41) is 0. The molecule has 56 valence electrons. The summed E-state index contributed by atoms with van der Waals surface area (Å²) in [6.45, 7) is 15.2. The largest absolute Gasteiger partial charge is 0.246 e. The zero-order valence-electron chi connectivity index (χ0n) is 7.18. The van der Waals surface area contributed by atoms with Crippen molar-refractivity contribution in [2.45, 2.75) is 27.7 Å². The molecule has 0 saturated carbocycles. The van der Waals surface area contributed by atoms with E-state index in [-0.39, 0.29) is 0 Å². The molecule has 0 amide bonds. The molecule has 0 aliphatic heterocycles. The van der Waals surface area contributed by atoms with E-state index < -0.39 is 0 Å². The summed E-state index contributed by atoms with van der Waals surface area (Å²) in [5.41, 5.74) is 1.25. The molecule has 0 aromatic heterocycles. The second-order valence-corrected chi connectivity index (χ2v) is 3.07. The molecular weight excluding hydrogens is 122 g/mol. The smallest absolute Gasteiger partial charge is 0.153 e. The minimum Gasteiger partial charge on any atom is -0.246 e. The first-order valence-electron chi connectivity index (χ1n) is 3.66. The molecule has 0 spiro atoms. The van der Waals surface area contributed by atoms with Crippen molar-refractivity contribution < 1.29 is 0 Å². The zero-order chi connectivity index (χ0) is 8.15. The normalized spacial score (nSPS) is 9.70. The van der Waals surface area contributed by atoms with Gasteiger partial charge in [0, 0.05) is 0 Å². The number of rotatable bonds is 2. The van der Waals surface area contributed by atoms with Crippen LogP contribution in [0, 0.1) is 18.4 Å². The second kappa shape index (κ2) is 4.11. The van der Waals surface area contributed by atoms with Gasteiger partial charge in [-0.1, -0.05) is 33.3 Å². The van der Waals surface area contributed by atoms with E-state index in [9.17, 15) is 0 Å². The first-order chi connectivity index (χ1) is 4.59. The summed E-state index contributed by atoms with van der Waals surface area (Å²) >= 11 is 0. The summed E-state index contributed by atoms with van der Waals surface area (Å²) in [5.74, 6) is 1.02. The van der Waals surface area contributed by atoms with Crippen LogP contribution < -0.4 is 0 Å². The van der Waals surface area contributed by atoms with Crippen molar-refractivity contribution in [3.05, 3.63) is 23.2 Å². The zero-order valence-corrected chi connectivity index (χ0v) is 7.18. The van der Waals surface area contributed by atoms with Crippen LogP contribution >= 0.6 is 0 Å². The van der Waals surface area contributed by atoms with Gasteiger partial charge in [-0.2, -0.15) is 0 Å². The fourth-order valence-corrected chi connectivity index (χ4v) is 1.04. The van der Waals surface area contributed by atoms with Crippen molar-refractivity contribution in [3.63, 3.8) is 0 Å². The molecule has 0 rings (SSSR count). The lowest BCUT2D eigenvalue weighted by atomic mass is 9.94. The molecule has 0 aliphatic carbocycles. The lowest BCUT2D eigenvalue weighted by Gasteiger charge is -2.13. The summed E-state index contributed by atoms with van der Waals surface area (Å²) in [6.07, 6.45) is 1.65. The monoisotopic (exact) mass is 137 g/mol. The van der Waals surface area contributed by atoms with Gasteiger partial charge in [-0.05, 0) is 11.8 Å². The van der Waals surface area contributed by atoms with Crippen LogP contribution in [0.5, 0.6) is 0 Å². The van der Waals surface area contributed by atoms with Crippen molar-refractivity contribution in [2.24, 2.45) is 11.8 Å². The highest BCUT2D eigenvalue weighted by Crippen LogP contribution is 2.18. The average Bonchev–Trinajstić information content (AvgIpc) is 1.81. The van der Waals surface area contributed by atoms with Crippen LogP contribution in [0.3, 0.4) is 0 Å². The van der Waals surface area contributed by atoms with E-state index in [2.05, 4.69) is 32.5 Å². The fourth-order valence-electron chi connectivity index (χ4n) is 1.04. The van der Waals surface area contributed by atoms with Crippen LogP contribution in [0.15, 0.2) is 11.8 Å². The van der Waals surface area contributed by atoms with Crippen molar-refractivity contribution >= 4 is 0 Å². The molecule has 0 aromatic rings. The van der Waals surface area contributed by atoms with Gasteiger partial charge in [-0.3, -0.25) is 0 Å². The molecule has 0 atom stereocenters. The van der Waals surface area contributed by atoms with E-state index in [4.69, 9.17) is 6.57 Å². The Balaban J connectivity index is 4.30. The number of nitrogens with zero attached hydrogens (tertiary/aromatic N) is 1. The molecule has 1 heteroatoms. The molecule has 10 heavy (non-hydrogen) atoms. The minimum absolute atomic E-state index is 0.508. The average molecular weight is 137 g/mol. The van der Waals surface area contributed by atoms with E-state index in [0.29, 0.717) is 11.8 Å². The van der Waals surface area contributed by atoms with Crippen LogP contribution in [0.4, 0.5) is 0 Å². The molecule has 0 bridgehead atoms. The van der Waals surface area contributed by atoms with Crippen LogP contribution in [0.1, 0.15) is 27.7 Å². The third-order valence-electron chi connectivity index (χ3n) is 1.55. The van der Waals surface area contributed by atoms with Crippen molar-refractivity contribution in [1.29, 1.82) is 0 Å². The Hall–Kier alpha value is -0.770. The van der Waals surface area contributed by atoms with Gasteiger partial charge >= 0.3 is 0 Å². The van der Waals surface area contributed by atoms with Gasteiger partial charge in [0.15, 0.2) is 6.20 Å². The Morgan fingerprint density at radius 1 is 1.20 bits per heavy atom. The van der Waals surface area contributed by atoms with E-state index in [1.54, 1.807) is 6.20 Å². The Labute approximate surface area is 63.6 Å². The third-order valence-corrected chi connectivity index (χ3v) is 1.55. The highest BCUT2D eigenvalue weighted by atomic mass is 14.6. The van der Waals surface area contributed by atoms with Gasteiger partial charge in [0.2, 0.25) is 0 Å². The topological polar surface area (TPSA) is 4.36 Å². The lowest BCUT2D eigenvalue weighted by Crippen LogP contribution is -2.00. The summed E-state index contributed by atoms with van der Waals surface area (Å²) in [6, 6.07) is 0. The number of allylic oxidation sites excluding steroid dienone is 1. The standard InChI is InChI=1S/C9H15N/c1-7(2)9(6-10-5)8(3)4/h6-8H,1-4H3. The predicted molar refractivity (Wildman–Crippen MR) is 44.4 cm³/mol. The molecular formula is C9H15N. The Morgan fingerprint density at radius 2 is 1.60 bits per heavy atom. The third kappa shape index (κ3) is 2.68. The Bertz CT molecular complexity index is 148. The van der Waals surface area contributed by atoms with E-state index in [1.165, 1.54) is 5.57 Å². The maximum absolute atomic E-state index is 6.67. The molecule has 1 nitrogen and oxygen atoms in total. The van der Waals surface area contributed by atoms with E-state index >= 15 is 0 Å². The highest BCUT2D eigenvalue weighted by Gasteiger charge is 2.05. The van der Waals surface area contributed by atoms with Gasteiger partial charge in [-0.25, -0.2) is 4.85 Å². The SMILES string of the molecule is [C-]#[N+]C=C(C(C)C)C(C)C. The van der Waals surface area contributed by atoms with E-state index in [0.717, 1.165) is 0 Å². The van der Waals surface area contributed by atoms with Gasteiger partial charge in [0.1, 0.15) is 0 Å². The Kier molecular flexibility index (Phi) is 3.79. The van der Waals surface area contributed by atoms with Gasteiger partial charge in [0.05, 0.1) is 6.57 Å². The van der Waals surface area contributed by atoms with Crippen molar-refractivity contribution in [2.75, 3.05) is 0 Å². The molecule has 0 heterocycles. The molecule has 0 saturated heterocycles. The number of hydrogen-bond acceptors (Lipinski definition) is 0. The van der Waals surface area contributed by atoms with Crippen molar-refractivity contribution in [1.82, 2.24) is 0 Å². The maximum atomic E-state index is 6.67. The fraction of sp³-hybridized carbons (Fsp3) is 0.667. The van der Waals surface area contributed by atoms with Crippen LogP contribution in [0.2, 0.25) is 0 Å². The quantitative estimate of drug-likeness (QED) is 0.515. The lowest BCUT2D eigenvalue weighted by molar-refractivity contribution is 0.626. The van der Waals surface area contributed by atoms with E-state index in [1.807, 2.05) is 0 Å². The highest BCUT2D eigenvalue weighted by molar-refractivity contribution is 5.10. The van der Waals surface area contributed by atoms with Crippen LogP contribution in [-0.4, -0.2) is 0 Å². The van der Waals surface area contributed by atoms with Crippen LogP contribution in [0.25, 0.3) is 4.85 Å². The maximum Gasteiger partial charge on any atom is 0.153 e. The number of hydrogen-bond donors (Lipinski definition) is 0. The molecule has 0 aromatic carbocycles. The molecule has 0 fully saturated rings. The summed E-state index contributed by atoms with van der Waals surface area (Å²) < 4.78 is 0. The van der Waals surface area contributed by atoms with Gasteiger partial charge in [-0.15, -0.1) is 0 Å². The summed E-state index contributed by atoms with van der Waals surface area (Å²) in [7, 11) is 0. The molecule has 0 unspecified atom stereocenters. The van der Waals surface area contributed by atoms with Gasteiger partial charge < -0.3 is 0 Å². The predicted octanol–water partition coefficient (Wildman–Crippen LogP) is 3.10. The second-order valence-electron chi connectivity index (χ2n) is 3.07. The molecule has 0 aliphatic rings. The first kappa shape index (κ1) is 9.23. The molecule has 0 N–H and O–H groups in total. The molecule has 0 radical (unpaired) electrons.